The van der Waals surface area contributed by atoms with Gasteiger partial charge in [-0.25, -0.2) is 8.42 Å². The second-order valence-electron chi connectivity index (χ2n) is 6.05. The fourth-order valence-corrected chi connectivity index (χ4v) is 4.77. The summed E-state index contributed by atoms with van der Waals surface area (Å²) >= 11 is 0. The maximum Gasteiger partial charge on any atom is 0.243 e. The number of fused-ring (bicyclic) bond motifs is 1. The molecule has 0 unspecified atom stereocenters. The molecular weight excluding hydrogens is 326 g/mol. The standard InChI is InChI=1S/C17H21N3O3S/c1-12-4-9-17-13(2)20(11-10-19(12)17)24(22,23)16-7-5-15(6-8-16)18-14(3)21/h4-9,13H,10-11H2,1-3H3,(H,18,21)/t13-/m0/s1. The van der Waals surface area contributed by atoms with Gasteiger partial charge < -0.3 is 9.88 Å². The lowest BCUT2D eigenvalue weighted by Gasteiger charge is -2.34. The zero-order chi connectivity index (χ0) is 17.5. The zero-order valence-electron chi connectivity index (χ0n) is 14.0. The van der Waals surface area contributed by atoms with Gasteiger partial charge in [-0.2, -0.15) is 4.31 Å². The Hall–Kier alpha value is -2.12. The Morgan fingerprint density at radius 1 is 1.12 bits per heavy atom. The van der Waals surface area contributed by atoms with Gasteiger partial charge in [-0.3, -0.25) is 4.79 Å². The Kier molecular flexibility index (Phi) is 4.23. The van der Waals surface area contributed by atoms with E-state index >= 15 is 0 Å². The van der Waals surface area contributed by atoms with Gasteiger partial charge in [0.15, 0.2) is 0 Å². The predicted molar refractivity (Wildman–Crippen MR) is 92.2 cm³/mol. The van der Waals surface area contributed by atoms with E-state index in [9.17, 15) is 13.2 Å². The topological polar surface area (TPSA) is 71.4 Å². The van der Waals surface area contributed by atoms with Crippen LogP contribution in [0.1, 0.15) is 31.3 Å². The molecule has 0 bridgehead atoms. The summed E-state index contributed by atoms with van der Waals surface area (Å²) in [4.78, 5) is 11.3. The van der Waals surface area contributed by atoms with E-state index in [-0.39, 0.29) is 16.8 Å². The monoisotopic (exact) mass is 347 g/mol. The summed E-state index contributed by atoms with van der Waals surface area (Å²) in [6.45, 7) is 6.45. The van der Waals surface area contributed by atoms with Crippen molar-refractivity contribution >= 4 is 21.6 Å². The normalized spacial score (nSPS) is 18.2. The summed E-state index contributed by atoms with van der Waals surface area (Å²) in [6, 6.07) is 10.1. The van der Waals surface area contributed by atoms with E-state index in [2.05, 4.69) is 9.88 Å². The summed E-state index contributed by atoms with van der Waals surface area (Å²) < 4.78 is 29.7. The lowest BCUT2D eigenvalue weighted by atomic mass is 10.2. The highest BCUT2D eigenvalue weighted by atomic mass is 32.2. The minimum absolute atomic E-state index is 0.189. The largest absolute Gasteiger partial charge is 0.346 e. The average molecular weight is 347 g/mol. The van der Waals surface area contributed by atoms with Gasteiger partial charge in [-0.1, -0.05) is 0 Å². The van der Waals surface area contributed by atoms with Gasteiger partial charge in [0.25, 0.3) is 0 Å². The fourth-order valence-electron chi connectivity index (χ4n) is 3.18. The van der Waals surface area contributed by atoms with Crippen LogP contribution >= 0.6 is 0 Å². The van der Waals surface area contributed by atoms with Crippen molar-refractivity contribution in [3.63, 3.8) is 0 Å². The molecule has 3 rings (SSSR count). The molecule has 0 radical (unpaired) electrons. The Labute approximate surface area is 142 Å². The summed E-state index contributed by atoms with van der Waals surface area (Å²) in [7, 11) is -3.58. The summed E-state index contributed by atoms with van der Waals surface area (Å²) in [5.41, 5.74) is 2.74. The van der Waals surface area contributed by atoms with E-state index in [1.807, 2.05) is 26.0 Å². The maximum absolute atomic E-state index is 13.0. The number of carbonyl (C=O) groups excluding carboxylic acids is 1. The average Bonchev–Trinajstić information content (AvgIpc) is 2.90. The van der Waals surface area contributed by atoms with Crippen LogP contribution in [0.2, 0.25) is 0 Å². The number of aromatic nitrogens is 1. The molecule has 0 saturated carbocycles. The highest BCUT2D eigenvalue weighted by molar-refractivity contribution is 7.89. The van der Waals surface area contributed by atoms with E-state index in [1.165, 1.54) is 23.4 Å². The van der Waals surface area contributed by atoms with Gasteiger partial charge in [0, 0.05) is 37.1 Å². The lowest BCUT2D eigenvalue weighted by molar-refractivity contribution is -0.114. The van der Waals surface area contributed by atoms with Crippen LogP contribution in [0.15, 0.2) is 41.3 Å². The number of aryl methyl sites for hydroxylation is 1. The van der Waals surface area contributed by atoms with Gasteiger partial charge >= 0.3 is 0 Å². The number of hydrogen-bond acceptors (Lipinski definition) is 3. The molecule has 2 aromatic rings. The molecule has 1 atom stereocenters. The minimum atomic E-state index is -3.58. The van der Waals surface area contributed by atoms with Crippen LogP contribution < -0.4 is 5.32 Å². The van der Waals surface area contributed by atoms with Gasteiger partial charge in [-0.05, 0) is 50.2 Å². The Morgan fingerprint density at radius 2 is 1.79 bits per heavy atom. The number of carbonyl (C=O) groups is 1. The molecule has 0 saturated heterocycles. The molecule has 1 aromatic heterocycles. The molecule has 2 heterocycles. The Morgan fingerprint density at radius 3 is 2.42 bits per heavy atom. The molecule has 0 fully saturated rings. The molecule has 128 valence electrons. The van der Waals surface area contributed by atoms with E-state index in [1.54, 1.807) is 12.1 Å². The number of anilines is 1. The Bertz CT molecular complexity index is 869. The molecule has 1 aliphatic heterocycles. The number of hydrogen-bond donors (Lipinski definition) is 1. The van der Waals surface area contributed by atoms with Crippen molar-refractivity contribution < 1.29 is 13.2 Å². The van der Waals surface area contributed by atoms with Crippen LogP contribution in [0.3, 0.4) is 0 Å². The van der Waals surface area contributed by atoms with Gasteiger partial charge in [0.1, 0.15) is 0 Å². The summed E-state index contributed by atoms with van der Waals surface area (Å²) in [5, 5.41) is 2.64. The lowest BCUT2D eigenvalue weighted by Crippen LogP contribution is -2.40. The number of nitrogens with one attached hydrogen (secondary N) is 1. The van der Waals surface area contributed by atoms with Crippen molar-refractivity contribution in [2.24, 2.45) is 0 Å². The smallest absolute Gasteiger partial charge is 0.243 e. The number of nitrogens with zero attached hydrogens (tertiary/aromatic N) is 2. The van der Waals surface area contributed by atoms with Crippen LogP contribution in [-0.4, -0.2) is 29.7 Å². The van der Waals surface area contributed by atoms with Gasteiger partial charge in [-0.15, -0.1) is 0 Å². The van der Waals surface area contributed by atoms with Crippen LogP contribution in [0.4, 0.5) is 5.69 Å². The Balaban J connectivity index is 1.89. The van der Waals surface area contributed by atoms with E-state index in [0.29, 0.717) is 18.8 Å². The summed E-state index contributed by atoms with van der Waals surface area (Å²) in [6.07, 6.45) is 0. The van der Waals surface area contributed by atoms with Crippen LogP contribution in [0.5, 0.6) is 0 Å². The number of benzene rings is 1. The first kappa shape index (κ1) is 16.7. The van der Waals surface area contributed by atoms with Gasteiger partial charge in [0.05, 0.1) is 10.9 Å². The first-order valence-electron chi connectivity index (χ1n) is 7.86. The molecule has 1 aromatic carbocycles. The quantitative estimate of drug-likeness (QED) is 0.927. The van der Waals surface area contributed by atoms with Crippen molar-refractivity contribution in [2.75, 3.05) is 11.9 Å². The molecule has 0 spiro atoms. The number of amides is 1. The first-order valence-corrected chi connectivity index (χ1v) is 9.30. The molecule has 24 heavy (non-hydrogen) atoms. The van der Waals surface area contributed by atoms with E-state index < -0.39 is 10.0 Å². The molecule has 6 nitrogen and oxygen atoms in total. The number of rotatable bonds is 3. The molecule has 0 aliphatic carbocycles. The minimum Gasteiger partial charge on any atom is -0.346 e. The van der Waals surface area contributed by atoms with Crippen molar-refractivity contribution in [2.45, 2.75) is 38.3 Å². The SMILES string of the molecule is CC(=O)Nc1ccc(S(=O)(=O)N2CCn3c(C)ccc3[C@@H]2C)cc1. The highest BCUT2D eigenvalue weighted by Crippen LogP contribution is 2.32. The third-order valence-electron chi connectivity index (χ3n) is 4.42. The second-order valence-corrected chi connectivity index (χ2v) is 7.94. The van der Waals surface area contributed by atoms with Crippen molar-refractivity contribution in [1.82, 2.24) is 8.87 Å². The van der Waals surface area contributed by atoms with Crippen molar-refractivity contribution in [3.05, 3.63) is 47.8 Å². The van der Waals surface area contributed by atoms with Crippen LogP contribution in [0, 0.1) is 6.92 Å². The van der Waals surface area contributed by atoms with Crippen molar-refractivity contribution in [3.8, 4) is 0 Å². The molecule has 7 heteroatoms. The molecule has 1 amide bonds. The molecule has 1 aliphatic rings. The summed E-state index contributed by atoms with van der Waals surface area (Å²) in [5.74, 6) is -0.189. The highest BCUT2D eigenvalue weighted by Gasteiger charge is 2.34. The third kappa shape index (κ3) is 2.85. The van der Waals surface area contributed by atoms with Crippen LogP contribution in [0.25, 0.3) is 0 Å². The number of sulfonamides is 1. The zero-order valence-corrected chi connectivity index (χ0v) is 14.8. The molecular formula is C17H21N3O3S. The van der Waals surface area contributed by atoms with Gasteiger partial charge in [0.2, 0.25) is 15.9 Å². The maximum atomic E-state index is 13.0. The van der Waals surface area contributed by atoms with Crippen molar-refractivity contribution in [1.29, 1.82) is 0 Å². The fraction of sp³-hybridized carbons (Fsp3) is 0.353. The third-order valence-corrected chi connectivity index (χ3v) is 6.40. The second kappa shape index (κ2) is 6.07. The van der Waals surface area contributed by atoms with Crippen LogP contribution in [-0.2, 0) is 21.4 Å². The predicted octanol–water partition coefficient (Wildman–Crippen LogP) is 2.52. The first-order chi connectivity index (χ1) is 11.3. The van der Waals surface area contributed by atoms with E-state index in [4.69, 9.17) is 0 Å². The van der Waals surface area contributed by atoms with E-state index in [0.717, 1.165) is 11.4 Å². The molecule has 1 N–H and O–H groups in total.